The van der Waals surface area contributed by atoms with Crippen molar-refractivity contribution >= 4 is 0 Å². The molecule has 0 N–H and O–H groups in total. The Morgan fingerprint density at radius 1 is 1.27 bits per heavy atom. The molecule has 2 heterocycles. The highest BCUT2D eigenvalue weighted by Gasteiger charge is 2.52. The summed E-state index contributed by atoms with van der Waals surface area (Å²) in [5.74, 6) is -0.701. The minimum atomic E-state index is -0.701. The van der Waals surface area contributed by atoms with Crippen LogP contribution in [0.25, 0.3) is 0 Å². The van der Waals surface area contributed by atoms with Crippen LogP contribution in [-0.4, -0.2) is 37.0 Å². The molecular weight excluding hydrogens is 196 g/mol. The van der Waals surface area contributed by atoms with E-state index in [2.05, 4.69) is 0 Å². The van der Waals surface area contributed by atoms with Gasteiger partial charge >= 0.3 is 0 Å². The molecule has 0 aromatic carbocycles. The van der Waals surface area contributed by atoms with Gasteiger partial charge in [-0.25, -0.2) is 0 Å². The summed E-state index contributed by atoms with van der Waals surface area (Å²) in [6.07, 6.45) is 0.446. The van der Waals surface area contributed by atoms with Gasteiger partial charge in [0.2, 0.25) is 12.1 Å². The second-order valence-corrected chi connectivity index (χ2v) is 4.93. The van der Waals surface area contributed by atoms with Crippen molar-refractivity contribution in [3.63, 3.8) is 0 Å². The van der Waals surface area contributed by atoms with Gasteiger partial charge in [-0.2, -0.15) is 0 Å². The van der Waals surface area contributed by atoms with E-state index in [1.165, 1.54) is 0 Å². The maximum absolute atomic E-state index is 5.80. The quantitative estimate of drug-likeness (QED) is 0.703. The van der Waals surface area contributed by atoms with Crippen LogP contribution in [0, 0.1) is 0 Å². The van der Waals surface area contributed by atoms with Gasteiger partial charge in [-0.15, -0.1) is 0 Å². The first-order chi connectivity index (χ1) is 6.97. The molecule has 2 rings (SSSR count). The van der Waals surface area contributed by atoms with Crippen LogP contribution in [-0.2, 0) is 18.9 Å². The van der Waals surface area contributed by atoms with E-state index in [0.29, 0.717) is 13.2 Å². The van der Waals surface area contributed by atoms with Crippen LogP contribution in [0.3, 0.4) is 0 Å². The third kappa shape index (κ3) is 2.04. The zero-order valence-electron chi connectivity index (χ0n) is 9.91. The molecule has 3 unspecified atom stereocenters. The van der Waals surface area contributed by atoms with Gasteiger partial charge in [-0.3, -0.25) is 0 Å². The van der Waals surface area contributed by atoms with Crippen molar-refractivity contribution in [3.05, 3.63) is 0 Å². The van der Waals surface area contributed by atoms with Crippen LogP contribution in [0.1, 0.15) is 34.1 Å². The fourth-order valence-electron chi connectivity index (χ4n) is 1.99. The van der Waals surface area contributed by atoms with Crippen molar-refractivity contribution in [1.82, 2.24) is 0 Å². The highest BCUT2D eigenvalue weighted by atomic mass is 16.8. The van der Waals surface area contributed by atoms with Gasteiger partial charge in [-0.1, -0.05) is 6.92 Å². The monoisotopic (exact) mass is 216 g/mol. The minimum Gasteiger partial charge on any atom is -0.345 e. The molecule has 2 aliphatic rings. The lowest BCUT2D eigenvalue weighted by atomic mass is 10.1. The molecule has 0 spiro atoms. The predicted octanol–water partition coefficient (Wildman–Crippen LogP) is 1.68. The lowest BCUT2D eigenvalue weighted by Gasteiger charge is -2.31. The number of rotatable bonds is 2. The Balaban J connectivity index is 2.08. The average molecular weight is 216 g/mol. The van der Waals surface area contributed by atoms with Gasteiger partial charge in [0.05, 0.1) is 24.9 Å². The molecule has 0 aliphatic carbocycles. The van der Waals surface area contributed by atoms with Gasteiger partial charge in [-0.05, 0) is 20.8 Å². The van der Waals surface area contributed by atoms with Crippen LogP contribution in [0.15, 0.2) is 0 Å². The Morgan fingerprint density at radius 3 is 2.40 bits per heavy atom. The van der Waals surface area contributed by atoms with Gasteiger partial charge in [0, 0.05) is 6.42 Å². The van der Waals surface area contributed by atoms with E-state index in [4.69, 9.17) is 18.9 Å². The molecule has 0 amide bonds. The number of ether oxygens (including phenoxy) is 4. The first kappa shape index (κ1) is 11.3. The Morgan fingerprint density at radius 2 is 2.00 bits per heavy atom. The highest BCUT2D eigenvalue weighted by Crippen LogP contribution is 2.38. The fourth-order valence-corrected chi connectivity index (χ4v) is 1.99. The van der Waals surface area contributed by atoms with Crippen molar-refractivity contribution in [1.29, 1.82) is 0 Å². The molecule has 88 valence electrons. The summed E-state index contributed by atoms with van der Waals surface area (Å²) >= 11 is 0. The second-order valence-electron chi connectivity index (χ2n) is 4.93. The van der Waals surface area contributed by atoms with E-state index >= 15 is 0 Å². The van der Waals surface area contributed by atoms with E-state index in [9.17, 15) is 0 Å². The molecule has 3 atom stereocenters. The van der Waals surface area contributed by atoms with E-state index in [0.717, 1.165) is 6.42 Å². The van der Waals surface area contributed by atoms with E-state index in [1.54, 1.807) is 0 Å². The van der Waals surface area contributed by atoms with Crippen molar-refractivity contribution in [2.24, 2.45) is 0 Å². The molecule has 2 aliphatic heterocycles. The zero-order chi connectivity index (χ0) is 11.1. The number of hydrogen-bond donors (Lipinski definition) is 0. The van der Waals surface area contributed by atoms with Crippen LogP contribution >= 0.6 is 0 Å². The second kappa shape index (κ2) is 3.70. The van der Waals surface area contributed by atoms with Gasteiger partial charge in [0.15, 0.2) is 0 Å². The Hall–Kier alpha value is -0.160. The molecule has 0 radical (unpaired) electrons. The summed E-state index contributed by atoms with van der Waals surface area (Å²) in [6.45, 7) is 9.23. The van der Waals surface area contributed by atoms with Crippen molar-refractivity contribution in [3.8, 4) is 0 Å². The third-order valence-corrected chi connectivity index (χ3v) is 2.82. The lowest BCUT2D eigenvalue weighted by molar-refractivity contribution is -0.294. The molecule has 2 fully saturated rings. The average Bonchev–Trinajstić information content (AvgIpc) is 2.70. The lowest BCUT2D eigenvalue weighted by Crippen LogP contribution is -2.45. The van der Waals surface area contributed by atoms with Crippen LogP contribution in [0.4, 0.5) is 0 Å². The first-order valence-electron chi connectivity index (χ1n) is 5.59. The smallest absolute Gasteiger partial charge is 0.220 e. The van der Waals surface area contributed by atoms with Gasteiger partial charge < -0.3 is 18.9 Å². The normalized spacial score (nSPS) is 44.8. The summed E-state index contributed by atoms with van der Waals surface area (Å²) < 4.78 is 22.9. The van der Waals surface area contributed by atoms with E-state index in [1.807, 2.05) is 27.7 Å². The molecule has 0 bridgehead atoms. The standard InChI is InChI=1S/C11H20O4/c1-5-11(13-6-8(2)14-11)9-12-7-10(3,4)15-9/h8-9H,5-7H2,1-4H3. The largest absolute Gasteiger partial charge is 0.345 e. The maximum atomic E-state index is 5.80. The molecule has 0 saturated carbocycles. The Labute approximate surface area is 90.8 Å². The van der Waals surface area contributed by atoms with Crippen molar-refractivity contribution in [2.75, 3.05) is 13.2 Å². The van der Waals surface area contributed by atoms with Crippen LogP contribution < -0.4 is 0 Å². The minimum absolute atomic E-state index is 0.112. The molecule has 15 heavy (non-hydrogen) atoms. The summed E-state index contributed by atoms with van der Waals surface area (Å²) in [4.78, 5) is 0. The first-order valence-corrected chi connectivity index (χ1v) is 5.59. The molecule has 2 saturated heterocycles. The van der Waals surface area contributed by atoms with Crippen molar-refractivity contribution < 1.29 is 18.9 Å². The fraction of sp³-hybridized carbons (Fsp3) is 1.00. The molecular formula is C11H20O4. The predicted molar refractivity (Wildman–Crippen MR) is 54.4 cm³/mol. The van der Waals surface area contributed by atoms with E-state index in [-0.39, 0.29) is 11.7 Å². The zero-order valence-corrected chi connectivity index (χ0v) is 9.91. The Kier molecular flexibility index (Phi) is 2.79. The maximum Gasteiger partial charge on any atom is 0.220 e. The molecule has 0 aromatic rings. The summed E-state index contributed by atoms with van der Waals surface area (Å²) in [5.41, 5.74) is -0.245. The van der Waals surface area contributed by atoms with Gasteiger partial charge in [0.1, 0.15) is 0 Å². The topological polar surface area (TPSA) is 36.9 Å². The van der Waals surface area contributed by atoms with Crippen LogP contribution in [0.5, 0.6) is 0 Å². The third-order valence-electron chi connectivity index (χ3n) is 2.82. The van der Waals surface area contributed by atoms with Crippen molar-refractivity contribution in [2.45, 2.75) is 57.9 Å². The Bertz CT molecular complexity index is 241. The van der Waals surface area contributed by atoms with Gasteiger partial charge in [0.25, 0.3) is 0 Å². The SMILES string of the molecule is CCC1(C2OCC(C)(C)O2)OCC(C)O1. The molecule has 4 nitrogen and oxygen atoms in total. The van der Waals surface area contributed by atoms with E-state index < -0.39 is 12.1 Å². The highest BCUT2D eigenvalue weighted by molar-refractivity contribution is 4.86. The van der Waals surface area contributed by atoms with Crippen LogP contribution in [0.2, 0.25) is 0 Å². The summed E-state index contributed by atoms with van der Waals surface area (Å²) in [5, 5.41) is 0. The number of hydrogen-bond acceptors (Lipinski definition) is 4. The molecule has 4 heteroatoms. The summed E-state index contributed by atoms with van der Waals surface area (Å²) in [7, 11) is 0. The molecule has 0 aromatic heterocycles. The summed E-state index contributed by atoms with van der Waals surface area (Å²) in [6, 6.07) is 0.